The monoisotopic (exact) mass is 444 g/mol. The van der Waals surface area contributed by atoms with Gasteiger partial charge in [0.05, 0.1) is 23.8 Å². The van der Waals surface area contributed by atoms with E-state index in [2.05, 4.69) is 0 Å². The Kier molecular flexibility index (Phi) is 7.15. The number of morpholine rings is 1. The molecule has 1 amide bonds. The maximum Gasteiger partial charge on any atom is 0.338 e. The number of halogens is 1. The van der Waals surface area contributed by atoms with Gasteiger partial charge < -0.3 is 14.4 Å². The average Bonchev–Trinajstić information content (AvgIpc) is 2.73. The summed E-state index contributed by atoms with van der Waals surface area (Å²) in [6.07, 6.45) is 2.94. The summed E-state index contributed by atoms with van der Waals surface area (Å²) < 4.78 is 37.3. The molecule has 3 rings (SSSR count). The Morgan fingerprint density at radius 2 is 1.93 bits per heavy atom. The highest BCUT2D eigenvalue weighted by Gasteiger charge is 2.30. The smallest absolute Gasteiger partial charge is 0.338 e. The lowest BCUT2D eigenvalue weighted by Crippen LogP contribution is -2.44. The van der Waals surface area contributed by atoms with Gasteiger partial charge in [-0.25, -0.2) is 13.2 Å². The van der Waals surface area contributed by atoms with E-state index in [1.807, 2.05) is 6.92 Å². The lowest BCUT2D eigenvalue weighted by atomic mass is 10.0. The highest BCUT2D eigenvalue weighted by atomic mass is 35.5. The molecular weight excluding hydrogens is 420 g/mol. The van der Waals surface area contributed by atoms with E-state index >= 15 is 0 Å². The van der Waals surface area contributed by atoms with Crippen LogP contribution in [0.1, 0.15) is 36.5 Å². The first-order valence-electron chi connectivity index (χ1n) is 9.65. The Morgan fingerprint density at radius 3 is 2.62 bits per heavy atom. The fraction of sp³-hybridized carbons (Fsp3) is 0.579. The van der Waals surface area contributed by atoms with Gasteiger partial charge in [0.2, 0.25) is 10.0 Å². The first-order valence-corrected chi connectivity index (χ1v) is 11.5. The number of rotatable bonds is 5. The van der Waals surface area contributed by atoms with E-state index in [9.17, 15) is 18.0 Å². The van der Waals surface area contributed by atoms with Gasteiger partial charge in [0.1, 0.15) is 4.90 Å². The van der Waals surface area contributed by atoms with Gasteiger partial charge in [-0.2, -0.15) is 4.31 Å². The fourth-order valence-corrected chi connectivity index (χ4v) is 5.42. The number of nitrogens with zero attached hydrogens (tertiary/aromatic N) is 2. The van der Waals surface area contributed by atoms with Gasteiger partial charge in [0.25, 0.3) is 5.91 Å². The quantitative estimate of drug-likeness (QED) is 0.644. The molecule has 10 heteroatoms. The van der Waals surface area contributed by atoms with E-state index < -0.39 is 16.0 Å². The molecule has 0 N–H and O–H groups in total. The second-order valence-corrected chi connectivity index (χ2v) is 9.48. The van der Waals surface area contributed by atoms with Crippen LogP contribution in [0.25, 0.3) is 0 Å². The molecule has 2 saturated heterocycles. The molecule has 1 aromatic carbocycles. The lowest BCUT2D eigenvalue weighted by Gasteiger charge is -2.33. The summed E-state index contributed by atoms with van der Waals surface area (Å²) in [4.78, 5) is 26.3. The average molecular weight is 445 g/mol. The molecule has 2 heterocycles. The van der Waals surface area contributed by atoms with Crippen molar-refractivity contribution in [1.29, 1.82) is 0 Å². The molecule has 160 valence electrons. The number of amides is 1. The zero-order valence-electron chi connectivity index (χ0n) is 16.3. The van der Waals surface area contributed by atoms with E-state index in [1.165, 1.54) is 22.5 Å². The Morgan fingerprint density at radius 1 is 1.21 bits per heavy atom. The van der Waals surface area contributed by atoms with Gasteiger partial charge in [0.15, 0.2) is 6.61 Å². The normalized spacial score (nSPS) is 21.0. The number of carbonyl (C=O) groups excluding carboxylic acids is 2. The molecule has 0 saturated carbocycles. The minimum absolute atomic E-state index is 0.0197. The van der Waals surface area contributed by atoms with Gasteiger partial charge in [-0.1, -0.05) is 11.6 Å². The van der Waals surface area contributed by atoms with Gasteiger partial charge in [-0.05, 0) is 44.4 Å². The van der Waals surface area contributed by atoms with Crippen LogP contribution in [0.2, 0.25) is 5.02 Å². The second-order valence-electron chi connectivity index (χ2n) is 7.17. The number of esters is 1. The maximum absolute atomic E-state index is 12.9. The Balaban J connectivity index is 1.70. The Labute approximate surface area is 175 Å². The van der Waals surface area contributed by atoms with Crippen LogP contribution in [0.3, 0.4) is 0 Å². The molecule has 1 unspecified atom stereocenters. The van der Waals surface area contributed by atoms with Crippen molar-refractivity contribution < 1.29 is 27.5 Å². The van der Waals surface area contributed by atoms with Crippen molar-refractivity contribution >= 4 is 33.5 Å². The molecule has 0 aromatic heterocycles. The number of likely N-dealkylation sites (tertiary alicyclic amines) is 1. The summed E-state index contributed by atoms with van der Waals surface area (Å²) >= 11 is 6.10. The summed E-state index contributed by atoms with van der Waals surface area (Å²) in [5.41, 5.74) is 0.0285. The van der Waals surface area contributed by atoms with E-state index in [1.54, 1.807) is 4.90 Å². The maximum atomic E-state index is 12.9. The molecule has 2 aliphatic rings. The molecule has 2 fully saturated rings. The predicted molar refractivity (Wildman–Crippen MR) is 106 cm³/mol. The molecule has 29 heavy (non-hydrogen) atoms. The van der Waals surface area contributed by atoms with Crippen LogP contribution in [0.5, 0.6) is 0 Å². The van der Waals surface area contributed by atoms with Crippen LogP contribution in [-0.4, -0.2) is 75.0 Å². The largest absolute Gasteiger partial charge is 0.452 e. The van der Waals surface area contributed by atoms with Crippen molar-refractivity contribution in [1.82, 2.24) is 9.21 Å². The third kappa shape index (κ3) is 5.09. The second kappa shape index (κ2) is 9.42. The van der Waals surface area contributed by atoms with Crippen LogP contribution >= 0.6 is 11.6 Å². The zero-order chi connectivity index (χ0) is 21.0. The number of hydrogen-bond donors (Lipinski definition) is 0. The highest BCUT2D eigenvalue weighted by Crippen LogP contribution is 2.27. The summed E-state index contributed by atoms with van der Waals surface area (Å²) in [5, 5.41) is 0.0197. The third-order valence-electron chi connectivity index (χ3n) is 5.20. The molecule has 1 atom stereocenters. The summed E-state index contributed by atoms with van der Waals surface area (Å²) in [7, 11) is -3.87. The molecule has 0 spiro atoms. The predicted octanol–water partition coefficient (Wildman–Crippen LogP) is 1.92. The number of hydrogen-bond acceptors (Lipinski definition) is 6. The van der Waals surface area contributed by atoms with E-state index in [4.69, 9.17) is 21.1 Å². The number of carbonyl (C=O) groups is 2. The van der Waals surface area contributed by atoms with Crippen LogP contribution < -0.4 is 0 Å². The minimum Gasteiger partial charge on any atom is -0.452 e. The first-order chi connectivity index (χ1) is 13.8. The van der Waals surface area contributed by atoms with E-state index in [0.29, 0.717) is 19.8 Å². The summed E-state index contributed by atoms with van der Waals surface area (Å²) in [6.45, 7) is 3.29. The molecule has 2 aliphatic heterocycles. The van der Waals surface area contributed by atoms with Crippen molar-refractivity contribution in [3.8, 4) is 0 Å². The van der Waals surface area contributed by atoms with Crippen molar-refractivity contribution in [3.63, 3.8) is 0 Å². The van der Waals surface area contributed by atoms with Gasteiger partial charge >= 0.3 is 5.97 Å². The zero-order valence-corrected chi connectivity index (χ0v) is 17.9. The molecule has 1 aromatic rings. The van der Waals surface area contributed by atoms with Crippen molar-refractivity contribution in [3.05, 3.63) is 28.8 Å². The number of piperidine rings is 1. The standard InChI is InChI=1S/C19H25ClN2O6S/c1-14-4-2-3-7-22(14)18(23)13-28-19(24)15-5-6-16(20)17(12-15)29(25,26)21-8-10-27-11-9-21/h5-6,12,14H,2-4,7-11,13H2,1H3. The highest BCUT2D eigenvalue weighted by molar-refractivity contribution is 7.89. The van der Waals surface area contributed by atoms with Gasteiger partial charge in [0, 0.05) is 25.7 Å². The molecule has 0 bridgehead atoms. The Hall–Kier alpha value is -1.68. The first kappa shape index (κ1) is 22.0. The molecule has 0 radical (unpaired) electrons. The number of sulfonamides is 1. The van der Waals surface area contributed by atoms with Crippen molar-refractivity contribution in [2.24, 2.45) is 0 Å². The van der Waals surface area contributed by atoms with Crippen LogP contribution in [0, 0.1) is 0 Å². The minimum atomic E-state index is -3.87. The number of benzene rings is 1. The fourth-order valence-electron chi connectivity index (χ4n) is 3.52. The van der Waals surface area contributed by atoms with Crippen LogP contribution in [0.4, 0.5) is 0 Å². The SMILES string of the molecule is CC1CCCCN1C(=O)COC(=O)c1ccc(Cl)c(S(=O)(=O)N2CCOCC2)c1. The van der Waals surface area contributed by atoms with E-state index in [-0.39, 0.29) is 47.1 Å². The molecule has 0 aliphatic carbocycles. The lowest BCUT2D eigenvalue weighted by molar-refractivity contribution is -0.137. The van der Waals surface area contributed by atoms with Crippen molar-refractivity contribution in [2.45, 2.75) is 37.1 Å². The third-order valence-corrected chi connectivity index (χ3v) is 7.59. The molecular formula is C19H25ClN2O6S. The van der Waals surface area contributed by atoms with Gasteiger partial charge in [-0.3, -0.25) is 4.79 Å². The molecule has 8 nitrogen and oxygen atoms in total. The van der Waals surface area contributed by atoms with Crippen LogP contribution in [-0.2, 0) is 24.3 Å². The van der Waals surface area contributed by atoms with Crippen LogP contribution in [0.15, 0.2) is 23.1 Å². The summed E-state index contributed by atoms with van der Waals surface area (Å²) in [6, 6.07) is 4.05. The topological polar surface area (TPSA) is 93.2 Å². The Bertz CT molecular complexity index is 869. The van der Waals surface area contributed by atoms with Gasteiger partial charge in [-0.15, -0.1) is 0 Å². The summed E-state index contributed by atoms with van der Waals surface area (Å²) in [5.74, 6) is -1.02. The number of ether oxygens (including phenoxy) is 2. The van der Waals surface area contributed by atoms with Crippen molar-refractivity contribution in [2.75, 3.05) is 39.5 Å². The van der Waals surface area contributed by atoms with E-state index in [0.717, 1.165) is 19.3 Å².